The molecule has 0 unspecified atom stereocenters. The van der Waals surface area contributed by atoms with Gasteiger partial charge < -0.3 is 5.73 Å². The molecule has 0 aliphatic heterocycles. The number of likely N-dealkylation sites (N-methyl/N-ethyl adjacent to an activating group) is 1. The van der Waals surface area contributed by atoms with Crippen LogP contribution in [0.15, 0.2) is 29.2 Å². The molecule has 18 heavy (non-hydrogen) atoms. The van der Waals surface area contributed by atoms with Crippen molar-refractivity contribution in [2.24, 2.45) is 5.73 Å². The van der Waals surface area contributed by atoms with Crippen molar-refractivity contribution in [2.45, 2.75) is 11.1 Å². The van der Waals surface area contributed by atoms with Crippen molar-refractivity contribution in [3.05, 3.63) is 29.8 Å². The van der Waals surface area contributed by atoms with E-state index >= 15 is 0 Å². The van der Waals surface area contributed by atoms with Gasteiger partial charge in [0.1, 0.15) is 0 Å². The second kappa shape index (κ2) is 5.25. The van der Waals surface area contributed by atoms with Gasteiger partial charge in [-0.2, -0.15) is 17.5 Å². The van der Waals surface area contributed by atoms with Crippen LogP contribution in [0.4, 0.5) is 13.2 Å². The molecule has 0 fully saturated rings. The lowest BCUT2D eigenvalue weighted by Gasteiger charge is -2.19. The highest BCUT2D eigenvalue weighted by Crippen LogP contribution is 2.34. The zero-order valence-corrected chi connectivity index (χ0v) is 10.4. The molecular formula is C10H13F3N2O2S. The number of nitrogens with zero attached hydrogens (tertiary/aromatic N) is 1. The molecule has 0 aliphatic carbocycles. The molecule has 0 saturated carbocycles. The van der Waals surface area contributed by atoms with Crippen LogP contribution < -0.4 is 5.73 Å². The maximum atomic E-state index is 12.7. The summed E-state index contributed by atoms with van der Waals surface area (Å²) >= 11 is 0. The third-order valence-corrected chi connectivity index (χ3v) is 4.24. The molecule has 102 valence electrons. The highest BCUT2D eigenvalue weighted by molar-refractivity contribution is 7.89. The first-order chi connectivity index (χ1) is 8.21. The van der Waals surface area contributed by atoms with Crippen LogP contribution in [0.5, 0.6) is 0 Å². The van der Waals surface area contributed by atoms with Gasteiger partial charge in [0.2, 0.25) is 10.0 Å². The monoisotopic (exact) mass is 282 g/mol. The molecule has 8 heteroatoms. The molecular weight excluding hydrogens is 269 g/mol. The number of hydrogen-bond donors (Lipinski definition) is 1. The molecule has 0 amide bonds. The maximum absolute atomic E-state index is 12.7. The quantitative estimate of drug-likeness (QED) is 0.905. The Morgan fingerprint density at radius 3 is 2.33 bits per heavy atom. The second-order valence-electron chi connectivity index (χ2n) is 3.61. The molecule has 0 spiro atoms. The summed E-state index contributed by atoms with van der Waals surface area (Å²) in [6.45, 7) is -0.0154. The summed E-state index contributed by atoms with van der Waals surface area (Å²) in [7, 11) is -2.99. The van der Waals surface area contributed by atoms with Gasteiger partial charge in [-0.15, -0.1) is 0 Å². The molecule has 1 rings (SSSR count). The third kappa shape index (κ3) is 3.01. The van der Waals surface area contributed by atoms with Gasteiger partial charge in [0.25, 0.3) is 0 Å². The van der Waals surface area contributed by atoms with Crippen molar-refractivity contribution in [1.29, 1.82) is 0 Å². The van der Waals surface area contributed by atoms with E-state index in [1.165, 1.54) is 13.1 Å². The van der Waals surface area contributed by atoms with E-state index < -0.39 is 26.7 Å². The maximum Gasteiger partial charge on any atom is 0.417 e. The number of benzene rings is 1. The van der Waals surface area contributed by atoms with Crippen LogP contribution in [0, 0.1) is 0 Å². The lowest BCUT2D eigenvalue weighted by molar-refractivity contribution is -0.139. The van der Waals surface area contributed by atoms with Crippen molar-refractivity contribution in [1.82, 2.24) is 4.31 Å². The average molecular weight is 282 g/mol. The normalized spacial score (nSPS) is 13.0. The first-order valence-corrected chi connectivity index (χ1v) is 6.48. The van der Waals surface area contributed by atoms with E-state index in [0.29, 0.717) is 0 Å². The summed E-state index contributed by atoms with van der Waals surface area (Å²) in [6.07, 6.45) is -4.72. The van der Waals surface area contributed by atoms with Crippen molar-refractivity contribution in [3.63, 3.8) is 0 Å². The van der Waals surface area contributed by atoms with Gasteiger partial charge >= 0.3 is 6.18 Å². The highest BCUT2D eigenvalue weighted by Gasteiger charge is 2.37. The van der Waals surface area contributed by atoms with Crippen LogP contribution in [0.1, 0.15) is 5.56 Å². The van der Waals surface area contributed by atoms with E-state index in [1.54, 1.807) is 0 Å². The smallest absolute Gasteiger partial charge is 0.329 e. The average Bonchev–Trinajstić information content (AvgIpc) is 2.28. The van der Waals surface area contributed by atoms with Gasteiger partial charge in [0, 0.05) is 20.1 Å². The van der Waals surface area contributed by atoms with Crippen LogP contribution >= 0.6 is 0 Å². The fourth-order valence-corrected chi connectivity index (χ4v) is 2.79. The molecule has 0 aliphatic rings. The molecule has 0 bridgehead atoms. The van der Waals surface area contributed by atoms with E-state index in [2.05, 4.69) is 0 Å². The topological polar surface area (TPSA) is 63.4 Å². The van der Waals surface area contributed by atoms with Crippen molar-refractivity contribution in [2.75, 3.05) is 20.1 Å². The SMILES string of the molecule is CN(CCN)S(=O)(=O)c1ccccc1C(F)(F)F. The predicted octanol–water partition coefficient (Wildman–Crippen LogP) is 1.28. The number of halogens is 3. The highest BCUT2D eigenvalue weighted by atomic mass is 32.2. The molecule has 0 atom stereocenters. The minimum absolute atomic E-state index is 0.0317. The Balaban J connectivity index is 3.34. The Hall–Kier alpha value is -1.12. The van der Waals surface area contributed by atoms with Crippen molar-refractivity contribution in [3.8, 4) is 0 Å². The van der Waals surface area contributed by atoms with Gasteiger partial charge in [-0.1, -0.05) is 12.1 Å². The Labute approximate surface area is 103 Å². The summed E-state index contributed by atoms with van der Waals surface area (Å²) in [6, 6.07) is 4.07. The lowest BCUT2D eigenvalue weighted by Crippen LogP contribution is -2.33. The number of sulfonamides is 1. The van der Waals surface area contributed by atoms with Crippen LogP contribution in [0.25, 0.3) is 0 Å². The second-order valence-corrected chi connectivity index (χ2v) is 5.62. The number of alkyl halides is 3. The molecule has 0 aromatic heterocycles. The molecule has 0 saturated heterocycles. The third-order valence-electron chi connectivity index (χ3n) is 2.32. The Morgan fingerprint density at radius 2 is 1.83 bits per heavy atom. The molecule has 0 heterocycles. The molecule has 0 radical (unpaired) electrons. The Bertz CT molecular complexity index is 514. The predicted molar refractivity (Wildman–Crippen MR) is 60.3 cm³/mol. The summed E-state index contributed by atoms with van der Waals surface area (Å²) in [5, 5.41) is 0. The summed E-state index contributed by atoms with van der Waals surface area (Å²) in [4.78, 5) is -0.756. The molecule has 1 aromatic rings. The van der Waals surface area contributed by atoms with E-state index in [0.717, 1.165) is 22.5 Å². The lowest BCUT2D eigenvalue weighted by atomic mass is 10.2. The van der Waals surface area contributed by atoms with E-state index in [9.17, 15) is 21.6 Å². The van der Waals surface area contributed by atoms with Gasteiger partial charge in [-0.25, -0.2) is 8.42 Å². The largest absolute Gasteiger partial charge is 0.417 e. The minimum Gasteiger partial charge on any atom is -0.329 e. The fourth-order valence-electron chi connectivity index (χ4n) is 1.40. The van der Waals surface area contributed by atoms with Crippen molar-refractivity contribution < 1.29 is 21.6 Å². The fraction of sp³-hybridized carbons (Fsp3) is 0.400. The zero-order valence-electron chi connectivity index (χ0n) is 9.61. The van der Waals surface area contributed by atoms with Crippen LogP contribution in [0.2, 0.25) is 0 Å². The summed E-state index contributed by atoms with van der Waals surface area (Å²) < 4.78 is 62.9. The van der Waals surface area contributed by atoms with Gasteiger partial charge in [-0.05, 0) is 12.1 Å². The molecule has 4 nitrogen and oxygen atoms in total. The summed E-state index contributed by atoms with van der Waals surface area (Å²) in [5.41, 5.74) is 4.03. The molecule has 2 N–H and O–H groups in total. The van der Waals surface area contributed by atoms with E-state index in [4.69, 9.17) is 5.73 Å². The number of nitrogens with two attached hydrogens (primary N) is 1. The summed E-state index contributed by atoms with van der Waals surface area (Å²) in [5.74, 6) is 0. The number of hydrogen-bond acceptors (Lipinski definition) is 3. The van der Waals surface area contributed by atoms with Gasteiger partial charge in [-0.3, -0.25) is 0 Å². The zero-order chi connectivity index (χ0) is 14.0. The minimum atomic E-state index is -4.72. The van der Waals surface area contributed by atoms with E-state index in [-0.39, 0.29) is 13.1 Å². The van der Waals surface area contributed by atoms with Gasteiger partial charge in [0.15, 0.2) is 0 Å². The van der Waals surface area contributed by atoms with Gasteiger partial charge in [0.05, 0.1) is 10.5 Å². The van der Waals surface area contributed by atoms with Crippen LogP contribution in [-0.2, 0) is 16.2 Å². The first kappa shape index (κ1) is 14.9. The van der Waals surface area contributed by atoms with E-state index in [1.807, 2.05) is 0 Å². The van der Waals surface area contributed by atoms with Crippen LogP contribution in [-0.4, -0.2) is 32.9 Å². The first-order valence-electron chi connectivity index (χ1n) is 5.04. The molecule has 1 aromatic carbocycles. The van der Waals surface area contributed by atoms with Crippen molar-refractivity contribution >= 4 is 10.0 Å². The van der Waals surface area contributed by atoms with Crippen LogP contribution in [0.3, 0.4) is 0 Å². The Morgan fingerprint density at radius 1 is 1.28 bits per heavy atom. The standard InChI is InChI=1S/C10H13F3N2O2S/c1-15(7-6-14)18(16,17)9-5-3-2-4-8(9)10(11,12)13/h2-5H,6-7,14H2,1H3. The Kier molecular flexibility index (Phi) is 4.36. The number of rotatable bonds is 4.